The molecule has 0 bridgehead atoms. The molecule has 0 atom stereocenters. The number of aromatic carboxylic acids is 1. The van der Waals surface area contributed by atoms with Gasteiger partial charge in [-0.3, -0.25) is 4.68 Å². The summed E-state index contributed by atoms with van der Waals surface area (Å²) in [4.78, 5) is 11.1. The Morgan fingerprint density at radius 2 is 2.05 bits per heavy atom. The molecule has 0 amide bonds. The first-order valence-corrected chi connectivity index (χ1v) is 6.37. The lowest BCUT2D eigenvalue weighted by Gasteiger charge is -1.96. The molecule has 0 saturated carbocycles. The van der Waals surface area contributed by atoms with E-state index in [2.05, 4.69) is 5.10 Å². The van der Waals surface area contributed by atoms with Crippen LogP contribution in [0.25, 0.3) is 22.2 Å². The molecule has 0 fully saturated rings. The van der Waals surface area contributed by atoms with Crippen LogP contribution in [0.4, 0.5) is 0 Å². The van der Waals surface area contributed by atoms with E-state index in [4.69, 9.17) is 16.7 Å². The van der Waals surface area contributed by atoms with Crippen LogP contribution in [0.15, 0.2) is 30.5 Å². The SMILES string of the molecule is Cn1nc(-c2cn(C)c3ccc(Cl)cc23)cc1C(=O)O. The molecule has 2 aromatic heterocycles. The highest BCUT2D eigenvalue weighted by molar-refractivity contribution is 6.31. The molecule has 0 unspecified atom stereocenters. The Morgan fingerprint density at radius 3 is 2.70 bits per heavy atom. The summed E-state index contributed by atoms with van der Waals surface area (Å²) in [6.45, 7) is 0. The maximum absolute atomic E-state index is 11.1. The first-order chi connectivity index (χ1) is 9.47. The van der Waals surface area contributed by atoms with Crippen molar-refractivity contribution in [2.75, 3.05) is 0 Å². The Balaban J connectivity index is 2.27. The van der Waals surface area contributed by atoms with E-state index in [0.717, 1.165) is 16.5 Å². The molecule has 5 nitrogen and oxygen atoms in total. The van der Waals surface area contributed by atoms with Gasteiger partial charge in [0.2, 0.25) is 0 Å². The van der Waals surface area contributed by atoms with Gasteiger partial charge >= 0.3 is 5.97 Å². The number of carbonyl (C=O) groups is 1. The number of aryl methyl sites for hydroxylation is 2. The molecule has 6 heteroatoms. The number of hydrogen-bond acceptors (Lipinski definition) is 2. The Morgan fingerprint density at radius 1 is 1.30 bits per heavy atom. The Labute approximate surface area is 120 Å². The molecule has 3 rings (SSSR count). The van der Waals surface area contributed by atoms with Crippen molar-refractivity contribution < 1.29 is 9.90 Å². The molecule has 0 aliphatic rings. The standard InChI is InChI=1S/C14H12ClN3O2/c1-17-7-10(9-5-8(15)3-4-12(9)17)11-6-13(14(19)20)18(2)16-11/h3-7H,1-2H3,(H,19,20). The largest absolute Gasteiger partial charge is 0.477 e. The zero-order valence-corrected chi connectivity index (χ0v) is 11.7. The molecule has 0 spiro atoms. The van der Waals surface area contributed by atoms with Gasteiger partial charge in [-0.25, -0.2) is 4.79 Å². The molecule has 3 aromatic rings. The molecule has 2 heterocycles. The maximum atomic E-state index is 11.1. The summed E-state index contributed by atoms with van der Waals surface area (Å²) in [5, 5.41) is 15.0. The summed E-state index contributed by atoms with van der Waals surface area (Å²) in [7, 11) is 3.55. The summed E-state index contributed by atoms with van der Waals surface area (Å²) in [6, 6.07) is 7.19. The van der Waals surface area contributed by atoms with Crippen LogP contribution < -0.4 is 0 Å². The van der Waals surface area contributed by atoms with E-state index in [0.29, 0.717) is 10.7 Å². The minimum atomic E-state index is -0.996. The van der Waals surface area contributed by atoms with E-state index >= 15 is 0 Å². The molecule has 0 aliphatic heterocycles. The Hall–Kier alpha value is -2.27. The highest BCUT2D eigenvalue weighted by atomic mass is 35.5. The van der Waals surface area contributed by atoms with Gasteiger partial charge in [0.25, 0.3) is 0 Å². The zero-order valence-electron chi connectivity index (χ0n) is 11.0. The molecule has 1 aromatic carbocycles. The second-order valence-electron chi connectivity index (χ2n) is 4.66. The van der Waals surface area contributed by atoms with Gasteiger partial charge in [-0.15, -0.1) is 0 Å². The number of aromatic nitrogens is 3. The summed E-state index contributed by atoms with van der Waals surface area (Å²) < 4.78 is 3.33. The summed E-state index contributed by atoms with van der Waals surface area (Å²) in [5.41, 5.74) is 2.66. The second-order valence-corrected chi connectivity index (χ2v) is 5.10. The van der Waals surface area contributed by atoms with E-state index in [1.807, 2.05) is 36.0 Å². The third kappa shape index (κ3) is 1.87. The Kier molecular flexibility index (Phi) is 2.79. The van der Waals surface area contributed by atoms with Gasteiger partial charge < -0.3 is 9.67 Å². The van der Waals surface area contributed by atoms with Crippen molar-refractivity contribution in [1.82, 2.24) is 14.3 Å². The molecule has 0 radical (unpaired) electrons. The average molecular weight is 290 g/mol. The molecule has 0 saturated heterocycles. The van der Waals surface area contributed by atoms with Crippen molar-refractivity contribution in [2.24, 2.45) is 14.1 Å². The van der Waals surface area contributed by atoms with Gasteiger partial charge in [-0.2, -0.15) is 5.10 Å². The van der Waals surface area contributed by atoms with E-state index in [1.165, 1.54) is 4.68 Å². The third-order valence-electron chi connectivity index (χ3n) is 3.33. The van der Waals surface area contributed by atoms with Gasteiger partial charge in [0.1, 0.15) is 5.69 Å². The van der Waals surface area contributed by atoms with Gasteiger partial charge in [0.15, 0.2) is 0 Å². The number of carboxylic acid groups (broad SMARTS) is 1. The van der Waals surface area contributed by atoms with Gasteiger partial charge in [0.05, 0.1) is 5.69 Å². The third-order valence-corrected chi connectivity index (χ3v) is 3.56. The minimum Gasteiger partial charge on any atom is -0.477 e. The normalized spacial score (nSPS) is 11.2. The highest BCUT2D eigenvalue weighted by Gasteiger charge is 2.16. The number of benzene rings is 1. The van der Waals surface area contributed by atoms with Crippen molar-refractivity contribution in [3.8, 4) is 11.3 Å². The van der Waals surface area contributed by atoms with Crippen molar-refractivity contribution in [1.29, 1.82) is 0 Å². The monoisotopic (exact) mass is 289 g/mol. The fourth-order valence-corrected chi connectivity index (χ4v) is 2.54. The summed E-state index contributed by atoms with van der Waals surface area (Å²) >= 11 is 6.05. The molecule has 0 aliphatic carbocycles. The molecule has 20 heavy (non-hydrogen) atoms. The second kappa shape index (κ2) is 4.38. The van der Waals surface area contributed by atoms with Crippen LogP contribution in [0, 0.1) is 0 Å². The summed E-state index contributed by atoms with van der Waals surface area (Å²) in [6.07, 6.45) is 1.93. The van der Waals surface area contributed by atoms with E-state index < -0.39 is 5.97 Å². The molecule has 1 N–H and O–H groups in total. The van der Waals surface area contributed by atoms with E-state index in [-0.39, 0.29) is 5.69 Å². The number of nitrogens with zero attached hydrogens (tertiary/aromatic N) is 3. The van der Waals surface area contributed by atoms with Crippen LogP contribution in [0.1, 0.15) is 10.5 Å². The highest BCUT2D eigenvalue weighted by Crippen LogP contribution is 2.31. The lowest BCUT2D eigenvalue weighted by Crippen LogP contribution is -2.04. The number of fused-ring (bicyclic) bond motifs is 1. The predicted molar refractivity (Wildman–Crippen MR) is 77.1 cm³/mol. The minimum absolute atomic E-state index is 0.152. The van der Waals surface area contributed by atoms with E-state index in [1.54, 1.807) is 13.1 Å². The smallest absolute Gasteiger partial charge is 0.354 e. The number of carboxylic acids is 1. The number of halogens is 1. The van der Waals surface area contributed by atoms with Gasteiger partial charge in [-0.05, 0) is 24.3 Å². The van der Waals surface area contributed by atoms with Crippen molar-refractivity contribution in [2.45, 2.75) is 0 Å². The molecular weight excluding hydrogens is 278 g/mol. The van der Waals surface area contributed by atoms with Crippen LogP contribution in [-0.4, -0.2) is 25.4 Å². The maximum Gasteiger partial charge on any atom is 0.354 e. The molecule has 102 valence electrons. The number of hydrogen-bond donors (Lipinski definition) is 1. The van der Waals surface area contributed by atoms with Crippen LogP contribution in [-0.2, 0) is 14.1 Å². The zero-order chi connectivity index (χ0) is 14.4. The van der Waals surface area contributed by atoms with Crippen molar-refractivity contribution >= 4 is 28.5 Å². The van der Waals surface area contributed by atoms with Crippen LogP contribution >= 0.6 is 11.6 Å². The van der Waals surface area contributed by atoms with Crippen LogP contribution in [0.3, 0.4) is 0 Å². The van der Waals surface area contributed by atoms with Crippen LogP contribution in [0.2, 0.25) is 5.02 Å². The average Bonchev–Trinajstić information content (AvgIpc) is 2.90. The lowest BCUT2D eigenvalue weighted by molar-refractivity contribution is 0.0685. The Bertz CT molecular complexity index is 832. The quantitative estimate of drug-likeness (QED) is 0.789. The first-order valence-electron chi connectivity index (χ1n) is 5.99. The van der Waals surface area contributed by atoms with Gasteiger partial charge in [0, 0.05) is 41.8 Å². The fraction of sp³-hybridized carbons (Fsp3) is 0.143. The lowest BCUT2D eigenvalue weighted by atomic mass is 10.1. The van der Waals surface area contributed by atoms with Crippen molar-refractivity contribution in [3.63, 3.8) is 0 Å². The first kappa shape index (κ1) is 12.7. The van der Waals surface area contributed by atoms with Crippen LogP contribution in [0.5, 0.6) is 0 Å². The predicted octanol–water partition coefficient (Wildman–Crippen LogP) is 2.93. The van der Waals surface area contributed by atoms with Gasteiger partial charge in [-0.1, -0.05) is 11.6 Å². The number of rotatable bonds is 2. The summed E-state index contributed by atoms with van der Waals surface area (Å²) in [5.74, 6) is -0.996. The fourth-order valence-electron chi connectivity index (χ4n) is 2.37. The topological polar surface area (TPSA) is 60.0 Å². The van der Waals surface area contributed by atoms with E-state index in [9.17, 15) is 4.79 Å². The van der Waals surface area contributed by atoms with Crippen molar-refractivity contribution in [3.05, 3.63) is 41.2 Å². The molecular formula is C14H12ClN3O2.